The first-order valence-corrected chi connectivity index (χ1v) is 9.51. The molecule has 0 spiro atoms. The molecule has 0 aliphatic heterocycles. The van der Waals surface area contributed by atoms with E-state index in [1.807, 2.05) is 0 Å². The molecule has 1 aromatic heterocycles. The second kappa shape index (κ2) is 6.99. The van der Waals surface area contributed by atoms with Crippen LogP contribution in [0.4, 0.5) is 13.2 Å². The molecule has 0 aliphatic carbocycles. The topological polar surface area (TPSA) is 69.2 Å². The number of hydrogen-bond acceptors (Lipinski definition) is 5. The predicted octanol–water partition coefficient (Wildman–Crippen LogP) is 4.11. The monoisotopic (exact) mass is 394 g/mol. The Morgan fingerprint density at radius 1 is 0.963 bits per heavy atom. The van der Waals surface area contributed by atoms with Crippen molar-refractivity contribution in [3.63, 3.8) is 0 Å². The summed E-state index contributed by atoms with van der Waals surface area (Å²) in [5.41, 5.74) is 1.57. The van der Waals surface area contributed by atoms with E-state index in [2.05, 4.69) is 14.7 Å². The lowest BCUT2D eigenvalue weighted by atomic mass is 10.0. The van der Waals surface area contributed by atoms with Crippen LogP contribution in [0.2, 0.25) is 0 Å². The van der Waals surface area contributed by atoms with Crippen LogP contribution in [0.3, 0.4) is 0 Å². The van der Waals surface area contributed by atoms with E-state index in [0.717, 1.165) is 6.26 Å². The van der Waals surface area contributed by atoms with Gasteiger partial charge in [-0.05, 0) is 23.8 Å². The Morgan fingerprint density at radius 3 is 2.37 bits per heavy atom. The zero-order chi connectivity index (χ0) is 19.7. The van der Waals surface area contributed by atoms with Gasteiger partial charge in [-0.15, -0.1) is 13.2 Å². The first-order valence-electron chi connectivity index (χ1n) is 7.62. The van der Waals surface area contributed by atoms with Gasteiger partial charge in [0.2, 0.25) is 15.0 Å². The minimum absolute atomic E-state index is 0.245. The van der Waals surface area contributed by atoms with Gasteiger partial charge in [-0.1, -0.05) is 36.4 Å². The van der Waals surface area contributed by atoms with E-state index >= 15 is 0 Å². The molecule has 0 saturated heterocycles. The van der Waals surface area contributed by atoms with Gasteiger partial charge >= 0.3 is 6.36 Å². The highest BCUT2D eigenvalue weighted by atomic mass is 32.2. The zero-order valence-corrected chi connectivity index (χ0v) is 14.8. The smallest absolute Gasteiger partial charge is 0.405 e. The summed E-state index contributed by atoms with van der Waals surface area (Å²) in [4.78, 5) is 7.75. The fourth-order valence-corrected chi connectivity index (χ4v) is 2.96. The van der Waals surface area contributed by atoms with Crippen molar-refractivity contribution in [3.8, 4) is 28.1 Å². The summed E-state index contributed by atoms with van der Waals surface area (Å²) in [6, 6.07) is 13.8. The first-order chi connectivity index (χ1) is 12.6. The summed E-state index contributed by atoms with van der Waals surface area (Å²) in [6.07, 6.45) is -2.51. The van der Waals surface area contributed by atoms with E-state index in [-0.39, 0.29) is 16.5 Å². The van der Waals surface area contributed by atoms with Crippen LogP contribution in [-0.4, -0.2) is 31.0 Å². The number of sulfone groups is 1. The van der Waals surface area contributed by atoms with Gasteiger partial charge < -0.3 is 4.74 Å². The average Bonchev–Trinajstić information content (AvgIpc) is 2.60. The van der Waals surface area contributed by atoms with Crippen molar-refractivity contribution < 1.29 is 26.3 Å². The summed E-state index contributed by atoms with van der Waals surface area (Å²) >= 11 is 0. The summed E-state index contributed by atoms with van der Waals surface area (Å²) in [6.45, 7) is 0. The van der Waals surface area contributed by atoms with Crippen LogP contribution in [0, 0.1) is 0 Å². The normalized spacial score (nSPS) is 12.0. The number of benzene rings is 2. The fourth-order valence-electron chi connectivity index (χ4n) is 2.45. The first kappa shape index (κ1) is 18.8. The number of aromatic nitrogens is 2. The van der Waals surface area contributed by atoms with Crippen LogP contribution in [0.1, 0.15) is 0 Å². The fraction of sp³-hybridized carbons (Fsp3) is 0.111. The van der Waals surface area contributed by atoms with Gasteiger partial charge in [0.25, 0.3) is 0 Å². The van der Waals surface area contributed by atoms with E-state index in [4.69, 9.17) is 0 Å². The van der Waals surface area contributed by atoms with Crippen molar-refractivity contribution in [3.05, 3.63) is 60.8 Å². The van der Waals surface area contributed by atoms with Crippen LogP contribution in [0.5, 0.6) is 5.75 Å². The second-order valence-electron chi connectivity index (χ2n) is 5.62. The summed E-state index contributed by atoms with van der Waals surface area (Å²) in [5, 5.41) is -0.328. The molecule has 9 heteroatoms. The molecule has 0 fully saturated rings. The van der Waals surface area contributed by atoms with E-state index in [9.17, 15) is 21.6 Å². The predicted molar refractivity (Wildman–Crippen MR) is 92.7 cm³/mol. The minimum Gasteiger partial charge on any atom is -0.405 e. The molecular formula is C18H13F3N2O3S. The molecule has 0 atom stereocenters. The highest BCUT2D eigenvalue weighted by Gasteiger charge is 2.32. The van der Waals surface area contributed by atoms with Crippen LogP contribution < -0.4 is 4.74 Å². The third kappa shape index (κ3) is 4.62. The molecule has 3 aromatic rings. The standard InChI is InChI=1S/C18H13F3N2O3S/c1-27(24,25)17-22-10-9-15(23-17)13-6-4-5-12(11-13)14-7-2-3-8-16(14)26-18(19,20)21/h2-11H,1H3. The highest BCUT2D eigenvalue weighted by Crippen LogP contribution is 2.35. The van der Waals surface area contributed by atoms with Gasteiger partial charge in [0.05, 0.1) is 5.69 Å². The highest BCUT2D eigenvalue weighted by molar-refractivity contribution is 7.90. The Bertz CT molecular complexity index is 1080. The summed E-state index contributed by atoms with van der Waals surface area (Å²) < 4.78 is 65.3. The molecule has 5 nitrogen and oxygen atoms in total. The Morgan fingerprint density at radius 2 is 1.67 bits per heavy atom. The van der Waals surface area contributed by atoms with Crippen LogP contribution >= 0.6 is 0 Å². The van der Waals surface area contributed by atoms with Gasteiger partial charge in [-0.3, -0.25) is 0 Å². The maximum atomic E-state index is 12.6. The molecule has 0 unspecified atom stereocenters. The lowest BCUT2D eigenvalue weighted by molar-refractivity contribution is -0.274. The third-order valence-electron chi connectivity index (χ3n) is 3.55. The minimum atomic E-state index is -4.81. The maximum absolute atomic E-state index is 12.6. The lowest BCUT2D eigenvalue weighted by Crippen LogP contribution is -2.17. The number of halogens is 3. The van der Waals surface area contributed by atoms with Crippen molar-refractivity contribution in [2.24, 2.45) is 0 Å². The molecule has 0 amide bonds. The molecule has 140 valence electrons. The molecule has 1 heterocycles. The average molecular weight is 394 g/mol. The van der Waals surface area contributed by atoms with Gasteiger partial charge in [0.15, 0.2) is 0 Å². The van der Waals surface area contributed by atoms with Gasteiger partial charge in [0.1, 0.15) is 5.75 Å². The van der Waals surface area contributed by atoms with E-state index < -0.39 is 16.2 Å². The van der Waals surface area contributed by atoms with Crippen LogP contribution in [0.15, 0.2) is 66.0 Å². The van der Waals surface area contributed by atoms with Gasteiger partial charge in [-0.2, -0.15) is 0 Å². The zero-order valence-electron chi connectivity index (χ0n) is 13.9. The van der Waals surface area contributed by atoms with Crippen molar-refractivity contribution in [1.82, 2.24) is 9.97 Å². The number of para-hydroxylation sites is 1. The number of alkyl halides is 3. The van der Waals surface area contributed by atoms with E-state index in [1.54, 1.807) is 30.3 Å². The van der Waals surface area contributed by atoms with Crippen molar-refractivity contribution in [2.45, 2.75) is 11.5 Å². The SMILES string of the molecule is CS(=O)(=O)c1nccc(-c2cccc(-c3ccccc3OC(F)(F)F)c2)n1. The van der Waals surface area contributed by atoms with E-state index in [0.29, 0.717) is 16.8 Å². The quantitative estimate of drug-likeness (QED) is 0.623. The molecule has 0 saturated carbocycles. The molecule has 0 N–H and O–H groups in total. The Hall–Kier alpha value is -2.94. The molecule has 27 heavy (non-hydrogen) atoms. The molecule has 3 rings (SSSR count). The lowest BCUT2D eigenvalue weighted by Gasteiger charge is -2.14. The Kier molecular flexibility index (Phi) is 4.88. The molecular weight excluding hydrogens is 381 g/mol. The largest absolute Gasteiger partial charge is 0.573 e. The number of nitrogens with zero attached hydrogens (tertiary/aromatic N) is 2. The molecule has 0 aliphatic rings. The van der Waals surface area contributed by atoms with E-state index in [1.165, 1.54) is 30.5 Å². The molecule has 2 aromatic carbocycles. The Balaban J connectivity index is 2.06. The summed E-state index contributed by atoms with van der Waals surface area (Å²) in [5.74, 6) is -0.332. The number of rotatable bonds is 4. The summed E-state index contributed by atoms with van der Waals surface area (Å²) in [7, 11) is -3.59. The number of hydrogen-bond donors (Lipinski definition) is 0. The third-order valence-corrected chi connectivity index (χ3v) is 4.41. The maximum Gasteiger partial charge on any atom is 0.573 e. The van der Waals surface area contributed by atoms with Crippen molar-refractivity contribution in [2.75, 3.05) is 6.26 Å². The number of ether oxygens (including phenoxy) is 1. The van der Waals surface area contributed by atoms with Crippen molar-refractivity contribution >= 4 is 9.84 Å². The molecule has 0 radical (unpaired) electrons. The van der Waals surface area contributed by atoms with Crippen LogP contribution in [0.25, 0.3) is 22.4 Å². The van der Waals surface area contributed by atoms with Crippen molar-refractivity contribution in [1.29, 1.82) is 0 Å². The van der Waals surface area contributed by atoms with Crippen LogP contribution in [-0.2, 0) is 9.84 Å². The Labute approximate surface area is 153 Å². The van der Waals surface area contributed by atoms with Gasteiger partial charge in [0, 0.05) is 23.6 Å². The molecule has 0 bridgehead atoms. The van der Waals surface area contributed by atoms with Gasteiger partial charge in [-0.25, -0.2) is 18.4 Å². The second-order valence-corrected chi connectivity index (χ2v) is 7.53.